The highest BCUT2D eigenvalue weighted by Gasteiger charge is 2.48. The summed E-state index contributed by atoms with van der Waals surface area (Å²) < 4.78 is 39.9. The van der Waals surface area contributed by atoms with Gasteiger partial charge in [0, 0.05) is 32.6 Å². The third-order valence-electron chi connectivity index (χ3n) is 7.17. The van der Waals surface area contributed by atoms with Crippen molar-refractivity contribution in [2.45, 2.75) is 57.7 Å². The van der Waals surface area contributed by atoms with Crippen LogP contribution in [0.2, 0.25) is 0 Å². The summed E-state index contributed by atoms with van der Waals surface area (Å²) >= 11 is 0. The maximum atomic E-state index is 13.6. The fourth-order valence-corrected chi connectivity index (χ4v) is 5.34. The Kier molecular flexibility index (Phi) is 9.04. The van der Waals surface area contributed by atoms with Gasteiger partial charge in [0.05, 0.1) is 12.1 Å². The molecule has 2 heterocycles. The van der Waals surface area contributed by atoms with E-state index < -0.39 is 30.0 Å². The van der Waals surface area contributed by atoms with Crippen LogP contribution < -0.4 is 16.8 Å². The second-order valence-corrected chi connectivity index (χ2v) is 10.3. The number of nitrogens with two attached hydrogens (primary N) is 2. The molecule has 0 bridgehead atoms. The Bertz CT molecular complexity index is 1300. The standard InChI is InChI=1S/C28H34F3N7O3/c1-18-12-20(14-21(13-18)28(29,30)31)15-35-27(41)37-11-9-24(39)38-22(8-5-10-34-26(32)33)25(40)36(17-23(37)38)16-19-6-3-2-4-7-19/h2-4,6-7,12-14,22-23H,5,8-11,15-17H2,1H3,(H,35,41)(H4,32,33,34)/t22-,23+/m0/s1. The van der Waals surface area contributed by atoms with Crippen LogP contribution in [0.25, 0.3) is 0 Å². The van der Waals surface area contributed by atoms with Crippen molar-refractivity contribution in [1.82, 2.24) is 20.0 Å². The number of hydrogen-bond donors (Lipinski definition) is 3. The number of nitrogens with zero attached hydrogens (tertiary/aromatic N) is 4. The van der Waals surface area contributed by atoms with E-state index in [2.05, 4.69) is 10.3 Å². The van der Waals surface area contributed by atoms with E-state index in [4.69, 9.17) is 11.5 Å². The third kappa shape index (κ3) is 7.27. The number of carbonyl (C=O) groups excluding carboxylic acids is 3. The van der Waals surface area contributed by atoms with E-state index in [0.717, 1.165) is 17.7 Å². The molecule has 0 aliphatic carbocycles. The average Bonchev–Trinajstić information content (AvgIpc) is 2.91. The number of rotatable bonds is 8. The van der Waals surface area contributed by atoms with Crippen LogP contribution in [0.3, 0.4) is 0 Å². The summed E-state index contributed by atoms with van der Waals surface area (Å²) in [5, 5.41) is 2.71. The van der Waals surface area contributed by atoms with Crippen LogP contribution in [-0.2, 0) is 28.9 Å². The monoisotopic (exact) mass is 573 g/mol. The first-order valence-electron chi connectivity index (χ1n) is 13.4. The van der Waals surface area contributed by atoms with Gasteiger partial charge in [0.15, 0.2) is 5.96 Å². The van der Waals surface area contributed by atoms with E-state index in [1.807, 2.05) is 30.3 Å². The second-order valence-electron chi connectivity index (χ2n) is 10.3. The number of guanidine groups is 1. The Hall–Kier alpha value is -4.29. The Balaban J connectivity index is 1.55. The Morgan fingerprint density at radius 3 is 2.51 bits per heavy atom. The summed E-state index contributed by atoms with van der Waals surface area (Å²) in [5.41, 5.74) is 11.7. The molecular formula is C28H34F3N7O3. The van der Waals surface area contributed by atoms with Gasteiger partial charge in [-0.1, -0.05) is 42.0 Å². The molecule has 2 aromatic rings. The fourth-order valence-electron chi connectivity index (χ4n) is 5.34. The first kappa shape index (κ1) is 29.7. The molecule has 5 N–H and O–H groups in total. The quantitative estimate of drug-likeness (QED) is 0.253. The van der Waals surface area contributed by atoms with Crippen molar-refractivity contribution in [3.63, 3.8) is 0 Å². The number of benzene rings is 2. The number of amides is 4. The summed E-state index contributed by atoms with van der Waals surface area (Å²) in [6.45, 7) is 2.21. The largest absolute Gasteiger partial charge is 0.416 e. The molecule has 0 saturated carbocycles. The molecule has 0 spiro atoms. The summed E-state index contributed by atoms with van der Waals surface area (Å²) in [6, 6.07) is 11.7. The molecule has 10 nitrogen and oxygen atoms in total. The maximum absolute atomic E-state index is 13.6. The molecule has 220 valence electrons. The maximum Gasteiger partial charge on any atom is 0.416 e. The lowest BCUT2D eigenvalue weighted by Crippen LogP contribution is -2.71. The van der Waals surface area contributed by atoms with E-state index in [-0.39, 0.29) is 50.4 Å². The molecule has 2 saturated heterocycles. The van der Waals surface area contributed by atoms with Crippen LogP contribution in [0, 0.1) is 6.92 Å². The minimum absolute atomic E-state index is 0.0168. The first-order chi connectivity index (χ1) is 19.4. The van der Waals surface area contributed by atoms with E-state index in [9.17, 15) is 27.6 Å². The zero-order valence-electron chi connectivity index (χ0n) is 22.7. The average molecular weight is 574 g/mol. The topological polar surface area (TPSA) is 137 Å². The smallest absolute Gasteiger partial charge is 0.370 e. The zero-order valence-corrected chi connectivity index (χ0v) is 22.7. The number of hydrogen-bond acceptors (Lipinski definition) is 4. The highest BCUT2D eigenvalue weighted by Crippen LogP contribution is 2.31. The molecule has 2 atom stereocenters. The molecule has 41 heavy (non-hydrogen) atoms. The Labute approximate surface area is 236 Å². The highest BCUT2D eigenvalue weighted by molar-refractivity contribution is 5.91. The Morgan fingerprint density at radius 2 is 1.83 bits per heavy atom. The zero-order chi connectivity index (χ0) is 29.7. The molecule has 2 fully saturated rings. The number of urea groups is 1. The summed E-state index contributed by atoms with van der Waals surface area (Å²) in [6.07, 6.45) is -4.50. The number of carbonyl (C=O) groups is 3. The first-order valence-corrected chi connectivity index (χ1v) is 13.4. The lowest BCUT2D eigenvalue weighted by Gasteiger charge is -2.52. The fraction of sp³-hybridized carbons (Fsp3) is 0.429. The molecule has 2 aliphatic heterocycles. The van der Waals surface area contributed by atoms with E-state index in [1.54, 1.807) is 17.9 Å². The van der Waals surface area contributed by atoms with Crippen LogP contribution in [0.15, 0.2) is 53.5 Å². The minimum Gasteiger partial charge on any atom is -0.370 e. The third-order valence-corrected chi connectivity index (χ3v) is 7.17. The van der Waals surface area contributed by atoms with Gasteiger partial charge >= 0.3 is 12.2 Å². The van der Waals surface area contributed by atoms with E-state index in [1.165, 1.54) is 9.80 Å². The lowest BCUT2D eigenvalue weighted by atomic mass is 9.99. The Morgan fingerprint density at radius 1 is 1.10 bits per heavy atom. The molecule has 0 aromatic heterocycles. The van der Waals surface area contributed by atoms with Crippen LogP contribution in [0.1, 0.15) is 41.5 Å². The molecular weight excluding hydrogens is 539 g/mol. The van der Waals surface area contributed by atoms with Gasteiger partial charge in [0.1, 0.15) is 12.2 Å². The summed E-state index contributed by atoms with van der Waals surface area (Å²) in [7, 11) is 0. The van der Waals surface area contributed by atoms with Crippen molar-refractivity contribution >= 4 is 23.8 Å². The molecule has 4 amide bonds. The normalized spacial score (nSPS) is 19.2. The van der Waals surface area contributed by atoms with Gasteiger partial charge in [-0.2, -0.15) is 13.2 Å². The molecule has 0 unspecified atom stereocenters. The van der Waals surface area contributed by atoms with Gasteiger partial charge in [-0.15, -0.1) is 0 Å². The number of alkyl halides is 3. The lowest BCUT2D eigenvalue weighted by molar-refractivity contribution is -0.167. The second kappa shape index (κ2) is 12.5. The predicted molar refractivity (Wildman–Crippen MR) is 146 cm³/mol. The van der Waals surface area contributed by atoms with Crippen molar-refractivity contribution in [3.05, 3.63) is 70.8 Å². The van der Waals surface area contributed by atoms with Crippen LogP contribution in [-0.4, -0.2) is 70.3 Å². The number of halogens is 3. The van der Waals surface area contributed by atoms with Crippen molar-refractivity contribution in [2.75, 3.05) is 19.6 Å². The molecule has 4 rings (SSSR count). The highest BCUT2D eigenvalue weighted by atomic mass is 19.4. The van der Waals surface area contributed by atoms with Crippen LogP contribution in [0.4, 0.5) is 18.0 Å². The summed E-state index contributed by atoms with van der Waals surface area (Å²) in [4.78, 5) is 48.7. The van der Waals surface area contributed by atoms with Gasteiger partial charge in [0.25, 0.3) is 0 Å². The van der Waals surface area contributed by atoms with Gasteiger partial charge in [0.2, 0.25) is 11.8 Å². The molecule has 13 heteroatoms. The van der Waals surface area contributed by atoms with E-state index >= 15 is 0 Å². The predicted octanol–water partition coefficient (Wildman–Crippen LogP) is 2.55. The number of piperazine rings is 1. The van der Waals surface area contributed by atoms with Gasteiger partial charge in [-0.3, -0.25) is 14.6 Å². The van der Waals surface area contributed by atoms with Crippen molar-refractivity contribution in [1.29, 1.82) is 0 Å². The van der Waals surface area contributed by atoms with Gasteiger partial charge in [-0.05, 0) is 43.0 Å². The number of aliphatic imine (C=N–C) groups is 1. The molecule has 0 radical (unpaired) electrons. The van der Waals surface area contributed by atoms with Crippen LogP contribution >= 0.6 is 0 Å². The molecule has 2 aliphatic rings. The van der Waals surface area contributed by atoms with E-state index in [0.29, 0.717) is 30.5 Å². The number of aryl methyl sites for hydroxylation is 1. The van der Waals surface area contributed by atoms with Crippen molar-refractivity contribution in [2.24, 2.45) is 16.5 Å². The van der Waals surface area contributed by atoms with Gasteiger partial charge < -0.3 is 31.5 Å². The number of nitrogens with one attached hydrogen (secondary N) is 1. The minimum atomic E-state index is -4.51. The number of fused-ring (bicyclic) bond motifs is 1. The van der Waals surface area contributed by atoms with Crippen molar-refractivity contribution in [3.8, 4) is 0 Å². The molecule has 2 aromatic carbocycles. The summed E-state index contributed by atoms with van der Waals surface area (Å²) in [5.74, 6) is -0.548. The van der Waals surface area contributed by atoms with Gasteiger partial charge in [-0.25, -0.2) is 4.79 Å². The van der Waals surface area contributed by atoms with Crippen LogP contribution in [0.5, 0.6) is 0 Å². The van der Waals surface area contributed by atoms with Crippen molar-refractivity contribution < 1.29 is 27.6 Å². The SMILES string of the molecule is Cc1cc(CNC(=O)N2CCC(=O)N3[C@@H]2CN(Cc2ccccc2)C(=O)[C@@H]3CCCN=C(N)N)cc(C(F)(F)F)c1.